The fourth-order valence-electron chi connectivity index (χ4n) is 3.40. The van der Waals surface area contributed by atoms with E-state index in [4.69, 9.17) is 0 Å². The Hall–Kier alpha value is -2.70. The van der Waals surface area contributed by atoms with Crippen LogP contribution in [0, 0.1) is 0 Å². The SMILES string of the molecule is O=C(Cn1nnc2ccccc21)N1CCCC[C@@H]1Cn1cccn1. The summed E-state index contributed by atoms with van der Waals surface area (Å²) >= 11 is 0. The molecule has 2 aromatic heterocycles. The van der Waals surface area contributed by atoms with E-state index in [2.05, 4.69) is 15.4 Å². The van der Waals surface area contributed by atoms with Gasteiger partial charge in [0.15, 0.2) is 0 Å². The average Bonchev–Trinajstić information content (AvgIpc) is 3.26. The first-order valence-electron chi connectivity index (χ1n) is 8.36. The van der Waals surface area contributed by atoms with Crippen molar-refractivity contribution in [2.24, 2.45) is 0 Å². The van der Waals surface area contributed by atoms with Crippen molar-refractivity contribution in [1.29, 1.82) is 0 Å². The van der Waals surface area contributed by atoms with Gasteiger partial charge in [0.2, 0.25) is 5.91 Å². The number of hydrogen-bond acceptors (Lipinski definition) is 4. The highest BCUT2D eigenvalue weighted by Gasteiger charge is 2.27. The van der Waals surface area contributed by atoms with Crippen molar-refractivity contribution in [3.8, 4) is 0 Å². The Bertz CT molecular complexity index is 825. The minimum atomic E-state index is 0.0995. The van der Waals surface area contributed by atoms with Gasteiger partial charge >= 0.3 is 0 Å². The maximum Gasteiger partial charge on any atom is 0.244 e. The summed E-state index contributed by atoms with van der Waals surface area (Å²) in [5, 5.41) is 12.5. The molecule has 24 heavy (non-hydrogen) atoms. The van der Waals surface area contributed by atoms with E-state index >= 15 is 0 Å². The zero-order chi connectivity index (χ0) is 16.4. The monoisotopic (exact) mass is 324 g/mol. The Kier molecular flexibility index (Phi) is 3.98. The zero-order valence-corrected chi connectivity index (χ0v) is 13.5. The Labute approximate surface area is 139 Å². The lowest BCUT2D eigenvalue weighted by Gasteiger charge is -2.35. The molecule has 1 aliphatic rings. The summed E-state index contributed by atoms with van der Waals surface area (Å²) in [6, 6.07) is 9.82. The molecule has 4 rings (SSSR count). The minimum Gasteiger partial charge on any atom is -0.336 e. The molecular weight excluding hydrogens is 304 g/mol. The molecule has 1 saturated heterocycles. The van der Waals surface area contributed by atoms with Crippen LogP contribution in [0.2, 0.25) is 0 Å². The molecule has 1 amide bonds. The van der Waals surface area contributed by atoms with Crippen LogP contribution in [0.25, 0.3) is 11.0 Å². The molecule has 0 spiro atoms. The fraction of sp³-hybridized carbons (Fsp3) is 0.412. The van der Waals surface area contributed by atoms with Crippen LogP contribution in [0.1, 0.15) is 19.3 Å². The molecule has 0 bridgehead atoms. The van der Waals surface area contributed by atoms with Gasteiger partial charge in [0.05, 0.1) is 18.1 Å². The smallest absolute Gasteiger partial charge is 0.244 e. The molecule has 0 aliphatic carbocycles. The van der Waals surface area contributed by atoms with Gasteiger partial charge in [0.25, 0.3) is 0 Å². The van der Waals surface area contributed by atoms with Crippen LogP contribution in [-0.4, -0.2) is 48.2 Å². The van der Waals surface area contributed by atoms with Crippen LogP contribution in [0.5, 0.6) is 0 Å². The second-order valence-electron chi connectivity index (χ2n) is 6.20. The van der Waals surface area contributed by atoms with Gasteiger partial charge in [-0.3, -0.25) is 9.48 Å². The fourth-order valence-corrected chi connectivity index (χ4v) is 3.40. The number of aromatic nitrogens is 5. The number of para-hydroxylation sites is 1. The topological polar surface area (TPSA) is 68.8 Å². The number of rotatable bonds is 4. The van der Waals surface area contributed by atoms with E-state index in [0.717, 1.165) is 43.4 Å². The standard InChI is InChI=1S/C17H20N6O/c24-17(13-23-16-8-2-1-7-15(16)19-20-23)22-11-4-3-6-14(22)12-21-10-5-9-18-21/h1-2,5,7-10,14H,3-4,6,11-13H2/t14-/m1/s1. The Morgan fingerprint density at radius 2 is 2.12 bits per heavy atom. The Morgan fingerprint density at radius 1 is 1.21 bits per heavy atom. The highest BCUT2D eigenvalue weighted by atomic mass is 16.2. The van der Waals surface area contributed by atoms with E-state index in [9.17, 15) is 4.79 Å². The molecule has 7 heteroatoms. The summed E-state index contributed by atoms with van der Waals surface area (Å²) in [7, 11) is 0. The molecule has 0 saturated carbocycles. The summed E-state index contributed by atoms with van der Waals surface area (Å²) in [6.07, 6.45) is 6.95. The molecule has 3 aromatic rings. The number of carbonyl (C=O) groups excluding carboxylic acids is 1. The average molecular weight is 324 g/mol. The number of hydrogen-bond donors (Lipinski definition) is 0. The van der Waals surface area contributed by atoms with Crippen LogP contribution >= 0.6 is 0 Å². The molecule has 0 radical (unpaired) electrons. The van der Waals surface area contributed by atoms with Crippen molar-refractivity contribution in [3.63, 3.8) is 0 Å². The molecule has 1 aromatic carbocycles. The molecule has 124 valence electrons. The van der Waals surface area contributed by atoms with Crippen LogP contribution in [0.3, 0.4) is 0 Å². The van der Waals surface area contributed by atoms with Gasteiger partial charge in [-0.05, 0) is 37.5 Å². The van der Waals surface area contributed by atoms with Crippen LogP contribution in [-0.2, 0) is 17.9 Å². The summed E-state index contributed by atoms with van der Waals surface area (Å²) < 4.78 is 3.60. The predicted molar refractivity (Wildman–Crippen MR) is 89.1 cm³/mol. The summed E-state index contributed by atoms with van der Waals surface area (Å²) in [6.45, 7) is 1.78. The van der Waals surface area contributed by atoms with Crippen LogP contribution in [0.4, 0.5) is 0 Å². The summed E-state index contributed by atoms with van der Waals surface area (Å²) in [4.78, 5) is 14.8. The molecular formula is C17H20N6O. The van der Waals surface area contributed by atoms with Crippen molar-refractivity contribution < 1.29 is 4.79 Å². The molecule has 0 N–H and O–H groups in total. The maximum atomic E-state index is 12.9. The zero-order valence-electron chi connectivity index (χ0n) is 13.5. The van der Waals surface area contributed by atoms with Crippen LogP contribution < -0.4 is 0 Å². The van der Waals surface area contributed by atoms with Crippen molar-refractivity contribution >= 4 is 16.9 Å². The quantitative estimate of drug-likeness (QED) is 0.732. The Balaban J connectivity index is 1.51. The number of nitrogens with zero attached hydrogens (tertiary/aromatic N) is 6. The van der Waals surface area contributed by atoms with E-state index in [-0.39, 0.29) is 18.5 Å². The minimum absolute atomic E-state index is 0.0995. The van der Waals surface area contributed by atoms with Crippen LogP contribution in [0.15, 0.2) is 42.7 Å². The lowest BCUT2D eigenvalue weighted by molar-refractivity contribution is -0.136. The Morgan fingerprint density at radius 3 is 3.00 bits per heavy atom. The van der Waals surface area contributed by atoms with Gasteiger partial charge in [0, 0.05) is 18.9 Å². The number of likely N-dealkylation sites (tertiary alicyclic amines) is 1. The third-order valence-electron chi connectivity index (χ3n) is 4.61. The van der Waals surface area contributed by atoms with Gasteiger partial charge in [-0.2, -0.15) is 5.10 Å². The molecule has 1 aliphatic heterocycles. The first-order chi connectivity index (χ1) is 11.8. The van der Waals surface area contributed by atoms with E-state index in [0.29, 0.717) is 0 Å². The molecule has 1 fully saturated rings. The van der Waals surface area contributed by atoms with Crippen molar-refractivity contribution in [3.05, 3.63) is 42.7 Å². The van der Waals surface area contributed by atoms with Crippen molar-refractivity contribution in [1.82, 2.24) is 29.7 Å². The lowest BCUT2D eigenvalue weighted by Crippen LogP contribution is -2.47. The van der Waals surface area contributed by atoms with Gasteiger partial charge in [0.1, 0.15) is 12.1 Å². The number of carbonyl (C=O) groups is 1. The van der Waals surface area contributed by atoms with Crippen molar-refractivity contribution in [2.45, 2.75) is 38.4 Å². The molecule has 0 unspecified atom stereocenters. The van der Waals surface area contributed by atoms with E-state index in [1.807, 2.05) is 46.1 Å². The lowest BCUT2D eigenvalue weighted by atomic mass is 10.0. The van der Waals surface area contributed by atoms with Crippen molar-refractivity contribution in [2.75, 3.05) is 6.54 Å². The van der Waals surface area contributed by atoms with E-state index in [1.54, 1.807) is 10.9 Å². The maximum absolute atomic E-state index is 12.9. The number of benzene rings is 1. The summed E-state index contributed by atoms with van der Waals surface area (Å²) in [5.41, 5.74) is 1.71. The second kappa shape index (κ2) is 6.43. The summed E-state index contributed by atoms with van der Waals surface area (Å²) in [5.74, 6) is 0.0995. The normalized spacial score (nSPS) is 18.2. The molecule has 7 nitrogen and oxygen atoms in total. The molecule has 3 heterocycles. The van der Waals surface area contributed by atoms with Gasteiger partial charge in [-0.15, -0.1) is 5.10 Å². The largest absolute Gasteiger partial charge is 0.336 e. The van der Waals surface area contributed by atoms with Gasteiger partial charge in [-0.25, -0.2) is 4.68 Å². The predicted octanol–water partition coefficient (Wildman–Crippen LogP) is 1.71. The van der Waals surface area contributed by atoms with E-state index in [1.165, 1.54) is 0 Å². The molecule has 1 atom stereocenters. The first-order valence-corrected chi connectivity index (χ1v) is 8.36. The first kappa shape index (κ1) is 14.9. The number of piperidine rings is 1. The third kappa shape index (κ3) is 2.89. The van der Waals surface area contributed by atoms with Gasteiger partial charge < -0.3 is 4.90 Å². The number of amides is 1. The number of fused-ring (bicyclic) bond motifs is 1. The highest BCUT2D eigenvalue weighted by molar-refractivity contribution is 5.80. The third-order valence-corrected chi connectivity index (χ3v) is 4.61. The highest BCUT2D eigenvalue weighted by Crippen LogP contribution is 2.19. The second-order valence-corrected chi connectivity index (χ2v) is 6.20. The van der Waals surface area contributed by atoms with Gasteiger partial charge in [-0.1, -0.05) is 17.3 Å². The van der Waals surface area contributed by atoms with E-state index < -0.39 is 0 Å².